The highest BCUT2D eigenvalue weighted by Gasteiger charge is 2.24. The van der Waals surface area contributed by atoms with Crippen molar-refractivity contribution in [2.24, 2.45) is 0 Å². The molecule has 3 rings (SSSR count). The molecule has 1 aliphatic heterocycles. The van der Waals surface area contributed by atoms with E-state index in [2.05, 4.69) is 0 Å². The average molecular weight is 354 g/mol. The molecule has 1 amide bonds. The number of carbonyl (C=O) groups is 1. The Bertz CT molecular complexity index is 822. The van der Waals surface area contributed by atoms with Gasteiger partial charge in [0.2, 0.25) is 0 Å². The molecule has 26 heavy (non-hydrogen) atoms. The SMILES string of the molecule is CCn1ccc(C(=O)N(Cc2ccccc2C)CC2CCCO2)cc1=O. The maximum atomic E-state index is 13.1. The molecule has 0 spiro atoms. The number of hydrogen-bond donors (Lipinski definition) is 0. The van der Waals surface area contributed by atoms with E-state index in [-0.39, 0.29) is 17.6 Å². The maximum absolute atomic E-state index is 13.1. The van der Waals surface area contributed by atoms with Crippen LogP contribution in [-0.4, -0.2) is 34.6 Å². The molecule has 1 unspecified atom stereocenters. The van der Waals surface area contributed by atoms with Crippen LogP contribution in [0.2, 0.25) is 0 Å². The molecule has 0 saturated carbocycles. The topological polar surface area (TPSA) is 51.5 Å². The second-order valence-electron chi connectivity index (χ2n) is 6.79. The van der Waals surface area contributed by atoms with Gasteiger partial charge < -0.3 is 14.2 Å². The normalized spacial score (nSPS) is 16.6. The van der Waals surface area contributed by atoms with Gasteiger partial charge in [-0.25, -0.2) is 0 Å². The van der Waals surface area contributed by atoms with Gasteiger partial charge in [0.25, 0.3) is 11.5 Å². The van der Waals surface area contributed by atoms with Crippen LogP contribution in [0.25, 0.3) is 0 Å². The number of rotatable bonds is 6. The Labute approximate surface area is 154 Å². The molecule has 5 nitrogen and oxygen atoms in total. The average Bonchev–Trinajstić information content (AvgIpc) is 3.15. The molecule has 1 saturated heterocycles. The summed E-state index contributed by atoms with van der Waals surface area (Å²) >= 11 is 0. The van der Waals surface area contributed by atoms with Crippen LogP contribution in [0.5, 0.6) is 0 Å². The largest absolute Gasteiger partial charge is 0.376 e. The van der Waals surface area contributed by atoms with Crippen LogP contribution in [0.3, 0.4) is 0 Å². The molecule has 5 heteroatoms. The number of benzene rings is 1. The van der Waals surface area contributed by atoms with Gasteiger partial charge in [-0.2, -0.15) is 0 Å². The maximum Gasteiger partial charge on any atom is 0.254 e. The number of aromatic nitrogens is 1. The van der Waals surface area contributed by atoms with E-state index in [0.717, 1.165) is 30.6 Å². The minimum atomic E-state index is -0.147. The molecule has 2 aromatic rings. The van der Waals surface area contributed by atoms with Gasteiger partial charge in [-0.05, 0) is 43.9 Å². The molecule has 1 atom stereocenters. The first-order valence-corrected chi connectivity index (χ1v) is 9.24. The third-order valence-corrected chi connectivity index (χ3v) is 4.94. The lowest BCUT2D eigenvalue weighted by molar-refractivity contribution is 0.0506. The lowest BCUT2D eigenvalue weighted by Gasteiger charge is -2.26. The van der Waals surface area contributed by atoms with E-state index in [4.69, 9.17) is 4.74 Å². The van der Waals surface area contributed by atoms with Gasteiger partial charge in [0.1, 0.15) is 0 Å². The van der Waals surface area contributed by atoms with Crippen molar-refractivity contribution in [2.45, 2.75) is 45.9 Å². The first-order valence-electron chi connectivity index (χ1n) is 9.24. The summed E-state index contributed by atoms with van der Waals surface area (Å²) in [6, 6.07) is 11.2. The predicted octanol–water partition coefficient (Wildman–Crippen LogP) is 3.00. The van der Waals surface area contributed by atoms with E-state index in [1.165, 1.54) is 6.07 Å². The van der Waals surface area contributed by atoms with Crippen LogP contribution in [0.4, 0.5) is 0 Å². The molecule has 0 radical (unpaired) electrons. The zero-order chi connectivity index (χ0) is 18.5. The molecular weight excluding hydrogens is 328 g/mol. The number of pyridine rings is 1. The van der Waals surface area contributed by atoms with Gasteiger partial charge >= 0.3 is 0 Å². The fourth-order valence-electron chi connectivity index (χ4n) is 3.33. The van der Waals surface area contributed by atoms with Crippen molar-refractivity contribution in [2.75, 3.05) is 13.2 Å². The van der Waals surface area contributed by atoms with Crippen molar-refractivity contribution < 1.29 is 9.53 Å². The van der Waals surface area contributed by atoms with E-state index in [0.29, 0.717) is 25.2 Å². The summed E-state index contributed by atoms with van der Waals surface area (Å²) < 4.78 is 7.32. The van der Waals surface area contributed by atoms with Gasteiger partial charge in [0.05, 0.1) is 6.10 Å². The number of ether oxygens (including phenoxy) is 1. The molecular formula is C21H26N2O3. The Hall–Kier alpha value is -2.40. The lowest BCUT2D eigenvalue weighted by Crippen LogP contribution is -2.37. The standard InChI is InChI=1S/C21H26N2O3/c1-3-22-11-10-17(13-20(22)24)21(25)23(15-19-9-6-12-26-19)14-18-8-5-4-7-16(18)2/h4-5,7-8,10-11,13,19H,3,6,9,12,14-15H2,1-2H3. The highest BCUT2D eigenvalue weighted by atomic mass is 16.5. The number of aryl methyl sites for hydroxylation is 2. The Morgan fingerprint density at radius 1 is 1.31 bits per heavy atom. The zero-order valence-electron chi connectivity index (χ0n) is 15.5. The summed E-state index contributed by atoms with van der Waals surface area (Å²) in [5.74, 6) is -0.121. The molecule has 138 valence electrons. The summed E-state index contributed by atoms with van der Waals surface area (Å²) in [6.45, 7) is 6.36. The Balaban J connectivity index is 1.86. The van der Waals surface area contributed by atoms with Crippen LogP contribution in [0.1, 0.15) is 41.3 Å². The minimum Gasteiger partial charge on any atom is -0.376 e. The summed E-state index contributed by atoms with van der Waals surface area (Å²) in [5.41, 5.74) is 2.55. The summed E-state index contributed by atoms with van der Waals surface area (Å²) in [6.07, 6.45) is 3.76. The van der Waals surface area contributed by atoms with Crippen LogP contribution in [0, 0.1) is 6.92 Å². The van der Waals surface area contributed by atoms with E-state index in [1.54, 1.807) is 16.8 Å². The van der Waals surface area contributed by atoms with Gasteiger partial charge in [0.15, 0.2) is 0 Å². The second-order valence-corrected chi connectivity index (χ2v) is 6.79. The van der Waals surface area contributed by atoms with E-state index in [1.807, 2.05) is 43.0 Å². The summed E-state index contributed by atoms with van der Waals surface area (Å²) in [4.78, 5) is 27.1. The van der Waals surface area contributed by atoms with Crippen molar-refractivity contribution >= 4 is 5.91 Å². The second kappa shape index (κ2) is 8.32. The molecule has 0 bridgehead atoms. The highest BCUT2D eigenvalue weighted by molar-refractivity contribution is 5.94. The predicted molar refractivity (Wildman–Crippen MR) is 101 cm³/mol. The van der Waals surface area contributed by atoms with Crippen molar-refractivity contribution in [1.82, 2.24) is 9.47 Å². The minimum absolute atomic E-state index is 0.0685. The Morgan fingerprint density at radius 2 is 2.12 bits per heavy atom. The van der Waals surface area contributed by atoms with Crippen LogP contribution < -0.4 is 5.56 Å². The third kappa shape index (κ3) is 4.22. The smallest absolute Gasteiger partial charge is 0.254 e. The Morgan fingerprint density at radius 3 is 2.77 bits per heavy atom. The van der Waals surface area contributed by atoms with Crippen molar-refractivity contribution in [3.63, 3.8) is 0 Å². The molecule has 1 fully saturated rings. The van der Waals surface area contributed by atoms with Crippen LogP contribution in [-0.2, 0) is 17.8 Å². The molecule has 0 aliphatic carbocycles. The van der Waals surface area contributed by atoms with Gasteiger partial charge in [-0.15, -0.1) is 0 Å². The first-order chi connectivity index (χ1) is 12.6. The van der Waals surface area contributed by atoms with E-state index < -0.39 is 0 Å². The number of carbonyl (C=O) groups excluding carboxylic acids is 1. The Kier molecular flexibility index (Phi) is 5.89. The summed E-state index contributed by atoms with van der Waals surface area (Å²) in [7, 11) is 0. The molecule has 0 N–H and O–H groups in total. The van der Waals surface area contributed by atoms with Crippen LogP contribution >= 0.6 is 0 Å². The number of amides is 1. The van der Waals surface area contributed by atoms with Gasteiger partial charge in [-0.3, -0.25) is 9.59 Å². The molecule has 2 heterocycles. The molecule has 1 aliphatic rings. The zero-order valence-corrected chi connectivity index (χ0v) is 15.5. The fourth-order valence-corrected chi connectivity index (χ4v) is 3.33. The fraction of sp³-hybridized carbons (Fsp3) is 0.429. The quantitative estimate of drug-likeness (QED) is 0.801. The van der Waals surface area contributed by atoms with Crippen molar-refractivity contribution in [3.05, 3.63) is 69.6 Å². The molecule has 1 aromatic carbocycles. The number of hydrogen-bond acceptors (Lipinski definition) is 3. The summed E-state index contributed by atoms with van der Waals surface area (Å²) in [5, 5.41) is 0. The molecule has 1 aromatic heterocycles. The monoisotopic (exact) mass is 354 g/mol. The van der Waals surface area contributed by atoms with E-state index in [9.17, 15) is 9.59 Å². The van der Waals surface area contributed by atoms with Gasteiger partial charge in [0, 0.05) is 44.1 Å². The van der Waals surface area contributed by atoms with Crippen molar-refractivity contribution in [3.8, 4) is 0 Å². The number of nitrogens with zero attached hydrogens (tertiary/aromatic N) is 2. The highest BCUT2D eigenvalue weighted by Crippen LogP contribution is 2.18. The van der Waals surface area contributed by atoms with E-state index >= 15 is 0 Å². The first kappa shape index (κ1) is 18.4. The third-order valence-electron chi connectivity index (χ3n) is 4.94. The lowest BCUT2D eigenvalue weighted by atomic mass is 10.1. The van der Waals surface area contributed by atoms with Crippen molar-refractivity contribution in [1.29, 1.82) is 0 Å². The van der Waals surface area contributed by atoms with Gasteiger partial charge in [-0.1, -0.05) is 24.3 Å². The van der Waals surface area contributed by atoms with Crippen LogP contribution in [0.15, 0.2) is 47.4 Å².